The van der Waals surface area contributed by atoms with Gasteiger partial charge in [0.25, 0.3) is 0 Å². The van der Waals surface area contributed by atoms with Crippen LogP contribution in [0.3, 0.4) is 0 Å². The van der Waals surface area contributed by atoms with Crippen LogP contribution in [-0.2, 0) is 6.54 Å². The van der Waals surface area contributed by atoms with Gasteiger partial charge in [-0.15, -0.1) is 0 Å². The Bertz CT molecular complexity index is 549. The number of benzene rings is 2. The van der Waals surface area contributed by atoms with E-state index in [0.29, 0.717) is 11.3 Å². The number of hydrogen-bond donors (Lipinski definition) is 3. The lowest BCUT2D eigenvalue weighted by molar-refractivity contribution is 0.400. The normalized spacial score (nSPS) is 10.3. The van der Waals surface area contributed by atoms with Crippen molar-refractivity contribution in [1.29, 1.82) is 0 Å². The topological polar surface area (TPSA) is 52.5 Å². The standard InChI is InChI=1S/C14H14FNO2/c1-9-4-2-6-11(15)13(9)16-8-10-5-3-7-12(17)14(10)18/h2-7,16-18H,8H2,1H3. The molecule has 0 unspecified atom stereocenters. The Hall–Kier alpha value is -2.23. The van der Waals surface area contributed by atoms with Gasteiger partial charge in [-0.1, -0.05) is 24.3 Å². The highest BCUT2D eigenvalue weighted by Gasteiger charge is 2.08. The Labute approximate surface area is 105 Å². The molecule has 18 heavy (non-hydrogen) atoms. The van der Waals surface area contributed by atoms with E-state index in [4.69, 9.17) is 0 Å². The van der Waals surface area contributed by atoms with Crippen molar-refractivity contribution in [2.45, 2.75) is 13.5 Å². The van der Waals surface area contributed by atoms with Gasteiger partial charge in [-0.2, -0.15) is 0 Å². The molecule has 0 bridgehead atoms. The molecule has 2 aromatic carbocycles. The lowest BCUT2D eigenvalue weighted by Gasteiger charge is -2.11. The van der Waals surface area contributed by atoms with Gasteiger partial charge in [0.1, 0.15) is 5.82 Å². The number of nitrogens with one attached hydrogen (secondary N) is 1. The molecule has 0 fully saturated rings. The average molecular weight is 247 g/mol. The molecule has 0 atom stereocenters. The first-order valence-electron chi connectivity index (χ1n) is 5.58. The number of hydrogen-bond acceptors (Lipinski definition) is 3. The molecule has 0 aromatic heterocycles. The van der Waals surface area contributed by atoms with Gasteiger partial charge < -0.3 is 15.5 Å². The van der Waals surface area contributed by atoms with E-state index in [2.05, 4.69) is 5.32 Å². The molecule has 0 aliphatic rings. The van der Waals surface area contributed by atoms with Gasteiger partial charge in [-0.25, -0.2) is 4.39 Å². The van der Waals surface area contributed by atoms with Crippen LogP contribution in [0, 0.1) is 12.7 Å². The van der Waals surface area contributed by atoms with Gasteiger partial charge in [0.05, 0.1) is 5.69 Å². The number of para-hydroxylation sites is 2. The second-order valence-corrected chi connectivity index (χ2v) is 4.07. The summed E-state index contributed by atoms with van der Waals surface area (Å²) in [5.41, 5.74) is 1.70. The van der Waals surface area contributed by atoms with E-state index in [9.17, 15) is 14.6 Å². The number of halogens is 1. The summed E-state index contributed by atoms with van der Waals surface area (Å²) in [6.07, 6.45) is 0. The van der Waals surface area contributed by atoms with E-state index < -0.39 is 0 Å². The highest BCUT2D eigenvalue weighted by atomic mass is 19.1. The maximum absolute atomic E-state index is 13.6. The number of aromatic hydroxyl groups is 2. The summed E-state index contributed by atoms with van der Waals surface area (Å²) in [7, 11) is 0. The highest BCUT2D eigenvalue weighted by molar-refractivity contribution is 5.53. The van der Waals surface area contributed by atoms with Crippen LogP contribution in [0.1, 0.15) is 11.1 Å². The summed E-state index contributed by atoms with van der Waals surface area (Å²) in [6.45, 7) is 2.04. The Morgan fingerprint density at radius 1 is 1.11 bits per heavy atom. The van der Waals surface area contributed by atoms with Crippen LogP contribution < -0.4 is 5.32 Å². The van der Waals surface area contributed by atoms with E-state index >= 15 is 0 Å². The van der Waals surface area contributed by atoms with Crippen molar-refractivity contribution in [3.63, 3.8) is 0 Å². The number of anilines is 1. The van der Waals surface area contributed by atoms with E-state index in [-0.39, 0.29) is 23.9 Å². The molecule has 0 saturated carbocycles. The Morgan fingerprint density at radius 2 is 1.83 bits per heavy atom. The number of phenols is 2. The third-order valence-electron chi connectivity index (χ3n) is 2.78. The first-order chi connectivity index (χ1) is 8.59. The molecule has 0 aliphatic heterocycles. The minimum atomic E-state index is -0.338. The predicted octanol–water partition coefficient (Wildman–Crippen LogP) is 3.16. The summed E-state index contributed by atoms with van der Waals surface area (Å²) in [6, 6.07) is 9.50. The summed E-state index contributed by atoms with van der Waals surface area (Å²) in [5, 5.41) is 21.9. The molecular formula is C14H14FNO2. The van der Waals surface area contributed by atoms with Crippen LogP contribution in [0.4, 0.5) is 10.1 Å². The fourth-order valence-corrected chi connectivity index (χ4v) is 1.76. The third kappa shape index (κ3) is 2.37. The lowest BCUT2D eigenvalue weighted by Crippen LogP contribution is -2.03. The first kappa shape index (κ1) is 12.2. The molecule has 3 nitrogen and oxygen atoms in total. The molecule has 4 heteroatoms. The molecule has 2 aromatic rings. The summed E-state index contributed by atoms with van der Waals surface area (Å²) in [5.74, 6) is -0.701. The van der Waals surface area contributed by atoms with Crippen molar-refractivity contribution >= 4 is 5.69 Å². The number of aryl methyl sites for hydroxylation is 1. The smallest absolute Gasteiger partial charge is 0.162 e. The van der Waals surface area contributed by atoms with Gasteiger partial charge in [-0.3, -0.25) is 0 Å². The van der Waals surface area contributed by atoms with Crippen LogP contribution in [0.5, 0.6) is 11.5 Å². The maximum atomic E-state index is 13.6. The largest absolute Gasteiger partial charge is 0.504 e. The molecule has 0 radical (unpaired) electrons. The van der Waals surface area contributed by atoms with Gasteiger partial charge >= 0.3 is 0 Å². The zero-order valence-electron chi connectivity index (χ0n) is 9.94. The summed E-state index contributed by atoms with van der Waals surface area (Å²) >= 11 is 0. The van der Waals surface area contributed by atoms with Crippen molar-refractivity contribution in [2.24, 2.45) is 0 Å². The Kier molecular flexibility index (Phi) is 3.37. The van der Waals surface area contributed by atoms with Crippen molar-refractivity contribution in [3.05, 3.63) is 53.3 Å². The van der Waals surface area contributed by atoms with Crippen LogP contribution in [0.2, 0.25) is 0 Å². The monoisotopic (exact) mass is 247 g/mol. The number of rotatable bonds is 3. The fourth-order valence-electron chi connectivity index (χ4n) is 1.76. The van der Waals surface area contributed by atoms with E-state index in [1.807, 2.05) is 0 Å². The highest BCUT2D eigenvalue weighted by Crippen LogP contribution is 2.29. The van der Waals surface area contributed by atoms with Gasteiger partial charge in [0.15, 0.2) is 11.5 Å². The zero-order valence-corrected chi connectivity index (χ0v) is 9.94. The van der Waals surface area contributed by atoms with Gasteiger partial charge in [0, 0.05) is 12.1 Å². The molecule has 0 amide bonds. The van der Waals surface area contributed by atoms with Crippen LogP contribution >= 0.6 is 0 Å². The van der Waals surface area contributed by atoms with Crippen molar-refractivity contribution in [2.75, 3.05) is 5.32 Å². The Morgan fingerprint density at radius 3 is 2.56 bits per heavy atom. The molecule has 0 aliphatic carbocycles. The molecule has 3 N–H and O–H groups in total. The molecule has 2 rings (SSSR count). The quantitative estimate of drug-likeness (QED) is 0.730. The van der Waals surface area contributed by atoms with E-state index in [1.165, 1.54) is 12.1 Å². The first-order valence-corrected chi connectivity index (χ1v) is 5.58. The molecule has 0 spiro atoms. The van der Waals surface area contributed by atoms with Gasteiger partial charge in [-0.05, 0) is 24.6 Å². The van der Waals surface area contributed by atoms with E-state index in [1.54, 1.807) is 31.2 Å². The van der Waals surface area contributed by atoms with Crippen molar-refractivity contribution < 1.29 is 14.6 Å². The molecular weight excluding hydrogens is 233 g/mol. The Balaban J connectivity index is 2.19. The van der Waals surface area contributed by atoms with Crippen LogP contribution in [0.15, 0.2) is 36.4 Å². The van der Waals surface area contributed by atoms with Crippen molar-refractivity contribution in [3.8, 4) is 11.5 Å². The van der Waals surface area contributed by atoms with E-state index in [0.717, 1.165) is 5.56 Å². The second-order valence-electron chi connectivity index (χ2n) is 4.07. The molecule has 0 saturated heterocycles. The SMILES string of the molecule is Cc1cccc(F)c1NCc1cccc(O)c1O. The third-order valence-corrected chi connectivity index (χ3v) is 2.78. The molecule has 94 valence electrons. The van der Waals surface area contributed by atoms with Gasteiger partial charge in [0.2, 0.25) is 0 Å². The minimum absolute atomic E-state index is 0.181. The number of phenolic OH excluding ortho intramolecular Hbond substituents is 2. The average Bonchev–Trinajstić information content (AvgIpc) is 2.33. The lowest BCUT2D eigenvalue weighted by atomic mass is 10.1. The van der Waals surface area contributed by atoms with Crippen LogP contribution in [-0.4, -0.2) is 10.2 Å². The predicted molar refractivity (Wildman–Crippen MR) is 68.2 cm³/mol. The molecule has 0 heterocycles. The minimum Gasteiger partial charge on any atom is -0.504 e. The fraction of sp³-hybridized carbons (Fsp3) is 0.143. The van der Waals surface area contributed by atoms with Crippen LogP contribution in [0.25, 0.3) is 0 Å². The van der Waals surface area contributed by atoms with Crippen molar-refractivity contribution in [1.82, 2.24) is 0 Å². The zero-order chi connectivity index (χ0) is 13.1. The maximum Gasteiger partial charge on any atom is 0.162 e. The summed E-state index contributed by atoms with van der Waals surface area (Å²) in [4.78, 5) is 0. The summed E-state index contributed by atoms with van der Waals surface area (Å²) < 4.78 is 13.6. The second kappa shape index (κ2) is 4.96.